The van der Waals surface area contributed by atoms with E-state index in [1.807, 2.05) is 6.07 Å². The summed E-state index contributed by atoms with van der Waals surface area (Å²) in [5.41, 5.74) is 10.9. The molecule has 0 aliphatic heterocycles. The van der Waals surface area contributed by atoms with Gasteiger partial charge >= 0.3 is 0 Å². The number of amides is 1. The number of thiophene rings is 1. The van der Waals surface area contributed by atoms with Gasteiger partial charge in [-0.2, -0.15) is 5.26 Å². The number of carbonyl (C=O) groups is 1. The molecule has 1 rings (SSSR count). The number of nitrogen functional groups attached to an aromatic ring is 1. The first-order valence-electron chi connectivity index (χ1n) is 5.38. The van der Waals surface area contributed by atoms with Crippen molar-refractivity contribution < 1.29 is 13.2 Å². The predicted octanol–water partition coefficient (Wildman–Crippen LogP) is 0.147. The molecular formula is C10H14N4O3S2. The third-order valence-corrected chi connectivity index (χ3v) is 5.21. The van der Waals surface area contributed by atoms with Crippen LogP contribution in [-0.4, -0.2) is 32.4 Å². The average molecular weight is 302 g/mol. The molecule has 0 radical (unpaired) electrons. The highest BCUT2D eigenvalue weighted by molar-refractivity contribution is 7.91. The minimum Gasteiger partial charge on any atom is -0.396 e. The molecule has 0 unspecified atom stereocenters. The van der Waals surface area contributed by atoms with Crippen LogP contribution in [0.25, 0.3) is 0 Å². The lowest BCUT2D eigenvalue weighted by molar-refractivity contribution is 0.100. The maximum absolute atomic E-state index is 11.3. The molecule has 5 N–H and O–H groups in total. The fourth-order valence-electron chi connectivity index (χ4n) is 1.36. The summed E-state index contributed by atoms with van der Waals surface area (Å²) in [6, 6.07) is 1.86. The van der Waals surface area contributed by atoms with Gasteiger partial charge in [0.2, 0.25) is 0 Å². The number of hydrogen-bond acceptors (Lipinski definition) is 7. The zero-order valence-corrected chi connectivity index (χ0v) is 11.9. The number of nitriles is 1. The van der Waals surface area contributed by atoms with Crippen molar-refractivity contribution in [1.29, 1.82) is 5.26 Å². The van der Waals surface area contributed by atoms with E-state index in [1.54, 1.807) is 6.92 Å². The van der Waals surface area contributed by atoms with Gasteiger partial charge in [-0.05, 0) is 0 Å². The second kappa shape index (κ2) is 5.90. The van der Waals surface area contributed by atoms with Crippen molar-refractivity contribution in [3.63, 3.8) is 0 Å². The smallest absolute Gasteiger partial charge is 0.253 e. The van der Waals surface area contributed by atoms with Crippen LogP contribution in [0.5, 0.6) is 0 Å². The molecule has 1 amide bonds. The molecule has 1 heterocycles. The zero-order valence-electron chi connectivity index (χ0n) is 10.3. The van der Waals surface area contributed by atoms with E-state index < -0.39 is 15.7 Å². The molecule has 104 valence electrons. The summed E-state index contributed by atoms with van der Waals surface area (Å²) in [7, 11) is -3.10. The largest absolute Gasteiger partial charge is 0.396 e. The Morgan fingerprint density at radius 2 is 2.16 bits per heavy atom. The molecule has 9 heteroatoms. The third-order valence-electron chi connectivity index (χ3n) is 2.43. The number of anilines is 2. The summed E-state index contributed by atoms with van der Waals surface area (Å²) in [5.74, 6) is -0.773. The lowest BCUT2D eigenvalue weighted by Gasteiger charge is -2.05. The molecular weight excluding hydrogens is 288 g/mol. The summed E-state index contributed by atoms with van der Waals surface area (Å²) in [4.78, 5) is 11.4. The van der Waals surface area contributed by atoms with Crippen molar-refractivity contribution in [2.24, 2.45) is 5.73 Å². The number of nitrogens with two attached hydrogens (primary N) is 2. The van der Waals surface area contributed by atoms with Crippen LogP contribution in [0.15, 0.2) is 0 Å². The van der Waals surface area contributed by atoms with E-state index >= 15 is 0 Å². The maximum atomic E-state index is 11.3. The second-order valence-electron chi connectivity index (χ2n) is 3.69. The Morgan fingerprint density at radius 1 is 1.53 bits per heavy atom. The minimum absolute atomic E-state index is 0.0286. The lowest BCUT2D eigenvalue weighted by atomic mass is 10.2. The van der Waals surface area contributed by atoms with E-state index in [-0.39, 0.29) is 34.2 Å². The summed E-state index contributed by atoms with van der Waals surface area (Å²) in [6.45, 7) is 1.68. The summed E-state index contributed by atoms with van der Waals surface area (Å²) in [6.07, 6.45) is 0. The van der Waals surface area contributed by atoms with Crippen LogP contribution in [0.4, 0.5) is 10.7 Å². The number of rotatable bonds is 6. The molecule has 0 spiro atoms. The van der Waals surface area contributed by atoms with Crippen molar-refractivity contribution in [1.82, 2.24) is 0 Å². The zero-order chi connectivity index (χ0) is 14.6. The summed E-state index contributed by atoms with van der Waals surface area (Å²) < 4.78 is 22.7. The van der Waals surface area contributed by atoms with E-state index in [9.17, 15) is 13.2 Å². The molecule has 19 heavy (non-hydrogen) atoms. The van der Waals surface area contributed by atoms with Gasteiger partial charge in [0.05, 0.1) is 17.0 Å². The second-order valence-corrected chi connectivity index (χ2v) is 7.18. The van der Waals surface area contributed by atoms with Gasteiger partial charge in [0.1, 0.15) is 15.9 Å². The monoisotopic (exact) mass is 302 g/mol. The average Bonchev–Trinajstić information content (AvgIpc) is 2.65. The fourth-order valence-corrected chi connectivity index (χ4v) is 3.01. The molecule has 0 aliphatic carbocycles. The Morgan fingerprint density at radius 3 is 2.63 bits per heavy atom. The highest BCUT2D eigenvalue weighted by Gasteiger charge is 2.20. The van der Waals surface area contributed by atoms with E-state index in [0.717, 1.165) is 11.3 Å². The van der Waals surface area contributed by atoms with E-state index in [2.05, 4.69) is 5.32 Å². The van der Waals surface area contributed by atoms with Crippen LogP contribution in [0.3, 0.4) is 0 Å². The Hall–Kier alpha value is -1.79. The maximum Gasteiger partial charge on any atom is 0.253 e. The molecule has 0 saturated carbocycles. The van der Waals surface area contributed by atoms with E-state index in [4.69, 9.17) is 16.7 Å². The quantitative estimate of drug-likeness (QED) is 0.683. The van der Waals surface area contributed by atoms with Crippen molar-refractivity contribution in [3.8, 4) is 6.07 Å². The topological polar surface area (TPSA) is 139 Å². The number of nitrogens with zero attached hydrogens (tertiary/aromatic N) is 1. The van der Waals surface area contributed by atoms with Crippen LogP contribution in [0, 0.1) is 11.3 Å². The highest BCUT2D eigenvalue weighted by atomic mass is 32.2. The van der Waals surface area contributed by atoms with Crippen LogP contribution in [-0.2, 0) is 9.84 Å². The van der Waals surface area contributed by atoms with Crippen molar-refractivity contribution in [3.05, 3.63) is 10.4 Å². The van der Waals surface area contributed by atoms with Gasteiger partial charge in [0.25, 0.3) is 5.91 Å². The van der Waals surface area contributed by atoms with Gasteiger partial charge in [-0.25, -0.2) is 8.42 Å². The minimum atomic E-state index is -3.10. The SMILES string of the molecule is CCS(=O)(=O)CCNc1sc(C#N)c(N)c1C(N)=O. The van der Waals surface area contributed by atoms with Gasteiger partial charge in [-0.15, -0.1) is 11.3 Å². The normalized spacial score (nSPS) is 10.9. The van der Waals surface area contributed by atoms with E-state index in [1.165, 1.54) is 0 Å². The van der Waals surface area contributed by atoms with Crippen LogP contribution in [0.2, 0.25) is 0 Å². The first-order chi connectivity index (χ1) is 8.82. The number of sulfone groups is 1. The van der Waals surface area contributed by atoms with Crippen molar-refractivity contribution >= 4 is 37.8 Å². The number of carbonyl (C=O) groups excluding carboxylic acids is 1. The predicted molar refractivity (Wildman–Crippen MR) is 74.8 cm³/mol. The summed E-state index contributed by atoms with van der Waals surface area (Å²) in [5, 5.41) is 12.0. The Balaban J connectivity index is 2.91. The van der Waals surface area contributed by atoms with Gasteiger partial charge in [-0.3, -0.25) is 4.79 Å². The molecule has 0 aliphatic rings. The van der Waals surface area contributed by atoms with Crippen LogP contribution >= 0.6 is 11.3 Å². The molecule has 1 aromatic rings. The van der Waals surface area contributed by atoms with Gasteiger partial charge in [0.15, 0.2) is 9.84 Å². The molecule has 0 atom stereocenters. The standard InChI is InChI=1S/C10H14N4O3S2/c1-2-19(16,17)4-3-14-10-7(9(13)15)8(12)6(5-11)18-10/h14H,2-4,12H2,1H3,(H2,13,15). The number of hydrogen-bond donors (Lipinski definition) is 3. The first-order valence-corrected chi connectivity index (χ1v) is 8.02. The fraction of sp³-hybridized carbons (Fsp3) is 0.400. The molecule has 0 aromatic carbocycles. The van der Waals surface area contributed by atoms with Crippen LogP contribution < -0.4 is 16.8 Å². The van der Waals surface area contributed by atoms with Crippen molar-refractivity contribution in [2.45, 2.75) is 6.92 Å². The molecule has 7 nitrogen and oxygen atoms in total. The lowest BCUT2D eigenvalue weighted by Crippen LogP contribution is -2.19. The number of nitrogens with one attached hydrogen (secondary N) is 1. The number of primary amides is 1. The van der Waals surface area contributed by atoms with Gasteiger partial charge in [-0.1, -0.05) is 6.92 Å². The summed E-state index contributed by atoms with van der Waals surface area (Å²) >= 11 is 0.980. The molecule has 0 fully saturated rings. The van der Waals surface area contributed by atoms with E-state index in [0.29, 0.717) is 5.00 Å². The Kier molecular flexibility index (Phi) is 4.74. The highest BCUT2D eigenvalue weighted by Crippen LogP contribution is 2.34. The Bertz CT molecular complexity index is 628. The molecule has 1 aromatic heterocycles. The van der Waals surface area contributed by atoms with Crippen LogP contribution in [0.1, 0.15) is 22.2 Å². The Labute approximate surface area is 115 Å². The molecule has 0 bridgehead atoms. The third kappa shape index (κ3) is 3.59. The van der Waals surface area contributed by atoms with Gasteiger partial charge < -0.3 is 16.8 Å². The first kappa shape index (κ1) is 15.3. The van der Waals surface area contributed by atoms with Gasteiger partial charge in [0, 0.05) is 12.3 Å². The molecule has 0 saturated heterocycles. The van der Waals surface area contributed by atoms with Crippen molar-refractivity contribution in [2.75, 3.05) is 29.1 Å².